The molecular weight excluding hydrogens is 384 g/mol. The molecule has 0 spiro atoms. The Balaban J connectivity index is 1.60. The third-order valence-corrected chi connectivity index (χ3v) is 5.63. The predicted molar refractivity (Wildman–Crippen MR) is 102 cm³/mol. The number of hydrogen-bond donors (Lipinski definition) is 1. The van der Waals surface area contributed by atoms with Gasteiger partial charge in [-0.25, -0.2) is 4.79 Å². The highest BCUT2D eigenvalue weighted by Gasteiger charge is 2.51. The van der Waals surface area contributed by atoms with Gasteiger partial charge in [0.2, 0.25) is 11.8 Å². The monoisotopic (exact) mass is 406 g/mol. The van der Waals surface area contributed by atoms with E-state index in [4.69, 9.17) is 16.3 Å². The topological polar surface area (TPSA) is 92.8 Å². The van der Waals surface area contributed by atoms with Crippen LogP contribution in [0, 0.1) is 11.8 Å². The summed E-state index contributed by atoms with van der Waals surface area (Å²) < 4.78 is 5.21. The van der Waals surface area contributed by atoms with Crippen LogP contribution >= 0.6 is 11.6 Å². The fourth-order valence-electron chi connectivity index (χ4n) is 3.78. The zero-order valence-electron chi connectivity index (χ0n) is 15.8. The van der Waals surface area contributed by atoms with Gasteiger partial charge in [0.25, 0.3) is 5.91 Å². The van der Waals surface area contributed by atoms with E-state index in [1.54, 1.807) is 24.3 Å². The molecule has 8 heteroatoms. The van der Waals surface area contributed by atoms with Gasteiger partial charge < -0.3 is 10.1 Å². The molecule has 1 heterocycles. The van der Waals surface area contributed by atoms with Crippen molar-refractivity contribution >= 4 is 41.0 Å². The van der Waals surface area contributed by atoms with Crippen molar-refractivity contribution in [1.82, 2.24) is 4.90 Å². The van der Waals surface area contributed by atoms with E-state index in [9.17, 15) is 19.2 Å². The number of halogens is 1. The summed E-state index contributed by atoms with van der Waals surface area (Å²) >= 11 is 5.80. The SMILES string of the molecule is C[C@H](OC(=O)[C@H](C)N1C(=O)[C@H]2CCCC[C@H]2C1=O)C(=O)Nc1ccc(Cl)cc1. The molecule has 1 aliphatic carbocycles. The number of imide groups is 1. The highest BCUT2D eigenvalue weighted by molar-refractivity contribution is 6.30. The van der Waals surface area contributed by atoms with E-state index in [1.165, 1.54) is 13.8 Å². The van der Waals surface area contributed by atoms with Crippen molar-refractivity contribution in [1.29, 1.82) is 0 Å². The number of rotatable bonds is 5. The molecule has 1 saturated heterocycles. The van der Waals surface area contributed by atoms with Crippen LogP contribution in [0.2, 0.25) is 5.02 Å². The molecule has 3 amide bonds. The first-order chi connectivity index (χ1) is 13.3. The Morgan fingerprint density at radius 3 is 2.14 bits per heavy atom. The molecule has 0 bridgehead atoms. The van der Waals surface area contributed by atoms with Gasteiger partial charge in [-0.15, -0.1) is 0 Å². The number of nitrogens with zero attached hydrogens (tertiary/aromatic N) is 1. The highest BCUT2D eigenvalue weighted by atomic mass is 35.5. The van der Waals surface area contributed by atoms with Gasteiger partial charge in [-0.2, -0.15) is 0 Å². The summed E-state index contributed by atoms with van der Waals surface area (Å²) in [5.74, 6) is -2.58. The van der Waals surface area contributed by atoms with Gasteiger partial charge in [-0.3, -0.25) is 19.3 Å². The van der Waals surface area contributed by atoms with Crippen LogP contribution < -0.4 is 5.32 Å². The number of carbonyl (C=O) groups is 4. The standard InChI is InChI=1S/C20H23ClN2O5/c1-11(23-18(25)15-5-3-4-6-16(15)19(23)26)20(27)28-12(2)17(24)22-14-9-7-13(21)8-10-14/h7-12,15-16H,3-6H2,1-2H3,(H,22,24)/t11-,12-,15-,16+/m0/s1. The highest BCUT2D eigenvalue weighted by Crippen LogP contribution is 2.38. The van der Waals surface area contributed by atoms with Crippen LogP contribution in [0.15, 0.2) is 24.3 Å². The lowest BCUT2D eigenvalue weighted by molar-refractivity contribution is -0.163. The molecule has 0 unspecified atom stereocenters. The second-order valence-electron chi connectivity index (χ2n) is 7.30. The van der Waals surface area contributed by atoms with Crippen LogP contribution in [-0.2, 0) is 23.9 Å². The first-order valence-corrected chi connectivity index (χ1v) is 9.81. The maximum atomic E-state index is 12.6. The summed E-state index contributed by atoms with van der Waals surface area (Å²) in [5.41, 5.74) is 0.513. The lowest BCUT2D eigenvalue weighted by Crippen LogP contribution is -2.46. The summed E-state index contributed by atoms with van der Waals surface area (Å²) in [4.78, 5) is 50.9. The van der Waals surface area contributed by atoms with Gasteiger partial charge >= 0.3 is 5.97 Å². The van der Waals surface area contributed by atoms with Crippen molar-refractivity contribution < 1.29 is 23.9 Å². The van der Waals surface area contributed by atoms with Crippen LogP contribution in [0.4, 0.5) is 5.69 Å². The number of amides is 3. The summed E-state index contributed by atoms with van der Waals surface area (Å²) in [5, 5.41) is 3.15. The summed E-state index contributed by atoms with van der Waals surface area (Å²) in [7, 11) is 0. The number of nitrogens with one attached hydrogen (secondary N) is 1. The quantitative estimate of drug-likeness (QED) is 0.599. The molecule has 1 aromatic carbocycles. The van der Waals surface area contributed by atoms with Gasteiger partial charge in [0.1, 0.15) is 6.04 Å². The largest absolute Gasteiger partial charge is 0.451 e. The van der Waals surface area contributed by atoms with E-state index in [1.807, 2.05) is 0 Å². The minimum Gasteiger partial charge on any atom is -0.451 e. The Morgan fingerprint density at radius 1 is 1.07 bits per heavy atom. The second kappa shape index (κ2) is 8.31. The molecule has 28 heavy (non-hydrogen) atoms. The van der Waals surface area contributed by atoms with Crippen LogP contribution in [0.3, 0.4) is 0 Å². The maximum Gasteiger partial charge on any atom is 0.329 e. The van der Waals surface area contributed by atoms with E-state index >= 15 is 0 Å². The average Bonchev–Trinajstić information content (AvgIpc) is 2.93. The summed E-state index contributed by atoms with van der Waals surface area (Å²) in [6.07, 6.45) is 2.09. The van der Waals surface area contributed by atoms with E-state index in [0.717, 1.165) is 17.7 Å². The van der Waals surface area contributed by atoms with Gasteiger partial charge in [0.05, 0.1) is 11.8 Å². The third-order valence-electron chi connectivity index (χ3n) is 5.38. The predicted octanol–water partition coefficient (Wildman–Crippen LogP) is 2.77. The molecule has 0 aromatic heterocycles. The summed E-state index contributed by atoms with van der Waals surface area (Å²) in [6, 6.07) is 5.44. The fourth-order valence-corrected chi connectivity index (χ4v) is 3.90. The van der Waals surface area contributed by atoms with Crippen LogP contribution in [0.5, 0.6) is 0 Å². The number of carbonyl (C=O) groups excluding carboxylic acids is 4. The number of esters is 1. The molecule has 4 atom stereocenters. The van der Waals surface area contributed by atoms with Crippen molar-refractivity contribution in [2.45, 2.75) is 51.7 Å². The zero-order chi connectivity index (χ0) is 20.4. The number of likely N-dealkylation sites (tertiary alicyclic amines) is 1. The van der Waals surface area contributed by atoms with Gasteiger partial charge in [0.15, 0.2) is 6.10 Å². The van der Waals surface area contributed by atoms with Crippen LogP contribution in [-0.4, -0.2) is 40.7 Å². The Hall–Kier alpha value is -2.41. The molecule has 1 aromatic rings. The molecule has 1 saturated carbocycles. The normalized spacial score (nSPS) is 23.8. The molecule has 150 valence electrons. The van der Waals surface area contributed by atoms with Gasteiger partial charge in [-0.1, -0.05) is 24.4 Å². The van der Waals surface area contributed by atoms with Gasteiger partial charge in [0, 0.05) is 10.7 Å². The number of hydrogen-bond acceptors (Lipinski definition) is 5. The molecule has 3 rings (SSSR count). The van der Waals surface area contributed by atoms with E-state index in [0.29, 0.717) is 23.6 Å². The smallest absolute Gasteiger partial charge is 0.329 e. The van der Waals surface area contributed by atoms with Crippen LogP contribution in [0.1, 0.15) is 39.5 Å². The lowest BCUT2D eigenvalue weighted by Gasteiger charge is -2.23. The minimum absolute atomic E-state index is 0.308. The van der Waals surface area contributed by atoms with Gasteiger partial charge in [-0.05, 0) is 51.0 Å². The van der Waals surface area contributed by atoms with Crippen molar-refractivity contribution in [3.05, 3.63) is 29.3 Å². The van der Waals surface area contributed by atoms with Crippen molar-refractivity contribution in [2.24, 2.45) is 11.8 Å². The Morgan fingerprint density at radius 2 is 1.61 bits per heavy atom. The Kier molecular flexibility index (Phi) is 6.03. The third kappa shape index (κ3) is 4.04. The van der Waals surface area contributed by atoms with E-state index in [2.05, 4.69) is 5.32 Å². The summed E-state index contributed by atoms with van der Waals surface area (Å²) in [6.45, 7) is 2.89. The molecule has 2 aliphatic rings. The number of fused-ring (bicyclic) bond motifs is 1. The first kappa shape index (κ1) is 20.3. The molecule has 0 radical (unpaired) electrons. The minimum atomic E-state index is -1.08. The first-order valence-electron chi connectivity index (χ1n) is 9.43. The second-order valence-corrected chi connectivity index (χ2v) is 7.73. The Labute approximate surface area is 168 Å². The average molecular weight is 407 g/mol. The van der Waals surface area contributed by atoms with Crippen molar-refractivity contribution in [3.63, 3.8) is 0 Å². The molecular formula is C20H23ClN2O5. The van der Waals surface area contributed by atoms with E-state index < -0.39 is 24.0 Å². The van der Waals surface area contributed by atoms with Crippen LogP contribution in [0.25, 0.3) is 0 Å². The van der Waals surface area contributed by atoms with Crippen molar-refractivity contribution in [2.75, 3.05) is 5.32 Å². The lowest BCUT2D eigenvalue weighted by atomic mass is 9.81. The zero-order valence-corrected chi connectivity index (χ0v) is 16.6. The maximum absolute atomic E-state index is 12.6. The molecule has 1 aliphatic heterocycles. The number of ether oxygens (including phenoxy) is 1. The fraction of sp³-hybridized carbons (Fsp3) is 0.500. The number of benzene rings is 1. The molecule has 7 nitrogen and oxygen atoms in total. The number of anilines is 1. The van der Waals surface area contributed by atoms with Crippen molar-refractivity contribution in [3.8, 4) is 0 Å². The Bertz CT molecular complexity index is 770. The molecule has 2 fully saturated rings. The van der Waals surface area contributed by atoms with E-state index in [-0.39, 0.29) is 23.7 Å². The molecule has 1 N–H and O–H groups in total.